The average molecular weight is 469 g/mol. The number of rotatable bonds is 7. The van der Waals surface area contributed by atoms with Gasteiger partial charge in [0.15, 0.2) is 0 Å². The standard InChI is InChI=1S/C24H25ClN4O4/c1-14-8-10-17(11-9-14)20(12-21(30)31)27-24(33)28-22-15(2)29(16(3)26-23(22)32)13-18-6-4-5-7-19(18)25/h4-11,20H,12-13H2,1-3H3,(H,30,31)(H2,27,28,33)/t20-/m0/s1. The van der Waals surface area contributed by atoms with E-state index in [2.05, 4.69) is 15.6 Å². The van der Waals surface area contributed by atoms with Gasteiger partial charge in [-0.1, -0.05) is 59.6 Å². The highest BCUT2D eigenvalue weighted by molar-refractivity contribution is 6.31. The molecule has 33 heavy (non-hydrogen) atoms. The highest BCUT2D eigenvalue weighted by Gasteiger charge is 2.20. The molecule has 0 aliphatic rings. The van der Waals surface area contributed by atoms with E-state index in [1.165, 1.54) is 0 Å². The average Bonchev–Trinajstić information content (AvgIpc) is 2.75. The lowest BCUT2D eigenvalue weighted by atomic mass is 10.0. The Bertz CT molecular complexity index is 1240. The molecule has 9 heteroatoms. The van der Waals surface area contributed by atoms with Gasteiger partial charge in [-0.05, 0) is 38.0 Å². The molecule has 1 heterocycles. The number of nitrogens with zero attached hydrogens (tertiary/aromatic N) is 2. The Morgan fingerprint density at radius 3 is 2.39 bits per heavy atom. The second-order valence-electron chi connectivity index (χ2n) is 7.76. The van der Waals surface area contributed by atoms with Crippen LogP contribution < -0.4 is 16.2 Å². The van der Waals surface area contributed by atoms with Crippen molar-refractivity contribution in [3.05, 3.63) is 92.1 Å². The van der Waals surface area contributed by atoms with Crippen LogP contribution in [0.3, 0.4) is 0 Å². The molecule has 0 fully saturated rings. The molecular formula is C24H25ClN4O4. The molecule has 1 atom stereocenters. The van der Waals surface area contributed by atoms with Crippen LogP contribution in [0.5, 0.6) is 0 Å². The van der Waals surface area contributed by atoms with Gasteiger partial charge in [-0.3, -0.25) is 9.59 Å². The van der Waals surface area contributed by atoms with E-state index in [1.807, 2.05) is 37.3 Å². The summed E-state index contributed by atoms with van der Waals surface area (Å²) in [5.41, 5.74) is 2.44. The number of aryl methyl sites for hydroxylation is 2. The number of anilines is 1. The number of halogens is 1. The Morgan fingerprint density at radius 2 is 1.76 bits per heavy atom. The molecule has 3 aromatic rings. The largest absolute Gasteiger partial charge is 0.481 e. The number of nitrogens with one attached hydrogen (secondary N) is 2. The molecule has 0 unspecified atom stereocenters. The number of aliphatic carboxylic acids is 1. The molecule has 2 amide bonds. The van der Waals surface area contributed by atoms with E-state index < -0.39 is 23.6 Å². The van der Waals surface area contributed by atoms with Crippen LogP contribution in [0.2, 0.25) is 5.02 Å². The smallest absolute Gasteiger partial charge is 0.319 e. The van der Waals surface area contributed by atoms with Gasteiger partial charge in [0.2, 0.25) is 0 Å². The molecule has 3 N–H and O–H groups in total. The van der Waals surface area contributed by atoms with Crippen LogP contribution in [-0.2, 0) is 11.3 Å². The Morgan fingerprint density at radius 1 is 1.09 bits per heavy atom. The van der Waals surface area contributed by atoms with Crippen molar-refractivity contribution in [2.45, 2.75) is 39.8 Å². The zero-order valence-corrected chi connectivity index (χ0v) is 19.3. The highest BCUT2D eigenvalue weighted by atomic mass is 35.5. The maximum atomic E-state index is 12.7. The van der Waals surface area contributed by atoms with Gasteiger partial charge in [-0.15, -0.1) is 0 Å². The minimum Gasteiger partial charge on any atom is -0.481 e. The maximum absolute atomic E-state index is 12.7. The summed E-state index contributed by atoms with van der Waals surface area (Å²) in [4.78, 5) is 40.7. The van der Waals surface area contributed by atoms with Gasteiger partial charge in [-0.25, -0.2) is 4.79 Å². The van der Waals surface area contributed by atoms with Crippen molar-refractivity contribution >= 4 is 29.3 Å². The number of hydrogen-bond acceptors (Lipinski definition) is 4. The summed E-state index contributed by atoms with van der Waals surface area (Å²) in [6.45, 7) is 5.69. The Hall–Kier alpha value is -3.65. The maximum Gasteiger partial charge on any atom is 0.319 e. The molecule has 0 spiro atoms. The van der Waals surface area contributed by atoms with Gasteiger partial charge in [-0.2, -0.15) is 4.98 Å². The first-order chi connectivity index (χ1) is 15.7. The number of carboxylic acid groups (broad SMARTS) is 1. The van der Waals surface area contributed by atoms with Crippen LogP contribution in [0.4, 0.5) is 10.5 Å². The first-order valence-electron chi connectivity index (χ1n) is 10.3. The van der Waals surface area contributed by atoms with E-state index in [0.29, 0.717) is 28.6 Å². The van der Waals surface area contributed by atoms with Crippen molar-refractivity contribution in [3.8, 4) is 0 Å². The lowest BCUT2D eigenvalue weighted by Gasteiger charge is -2.20. The topological polar surface area (TPSA) is 113 Å². The lowest BCUT2D eigenvalue weighted by molar-refractivity contribution is -0.137. The minimum atomic E-state index is -1.06. The van der Waals surface area contributed by atoms with E-state index in [9.17, 15) is 19.5 Å². The third-order valence-corrected chi connectivity index (χ3v) is 5.69. The third-order valence-electron chi connectivity index (χ3n) is 5.32. The van der Waals surface area contributed by atoms with Gasteiger partial charge in [0.25, 0.3) is 5.56 Å². The summed E-state index contributed by atoms with van der Waals surface area (Å²) in [5, 5.41) is 15.1. The Balaban J connectivity index is 1.86. The molecule has 1 aromatic heterocycles. The monoisotopic (exact) mass is 468 g/mol. The Kier molecular flexibility index (Phi) is 7.50. The van der Waals surface area contributed by atoms with Gasteiger partial charge < -0.3 is 20.3 Å². The molecular weight excluding hydrogens is 444 g/mol. The number of benzene rings is 2. The summed E-state index contributed by atoms with van der Waals surface area (Å²) in [5.74, 6) is -0.581. The van der Waals surface area contributed by atoms with E-state index in [1.54, 1.807) is 36.6 Å². The number of amides is 2. The normalized spacial score (nSPS) is 11.6. The Labute approximate surface area is 196 Å². The van der Waals surface area contributed by atoms with E-state index in [4.69, 9.17) is 11.6 Å². The van der Waals surface area contributed by atoms with Crippen molar-refractivity contribution in [2.75, 3.05) is 5.32 Å². The first kappa shape index (κ1) is 24.0. The summed E-state index contributed by atoms with van der Waals surface area (Å²) >= 11 is 6.28. The van der Waals surface area contributed by atoms with Crippen LogP contribution in [0.15, 0.2) is 53.3 Å². The molecule has 0 aliphatic carbocycles. The van der Waals surface area contributed by atoms with Crippen LogP contribution in [0, 0.1) is 20.8 Å². The number of urea groups is 1. The lowest BCUT2D eigenvalue weighted by Crippen LogP contribution is -2.36. The predicted molar refractivity (Wildman–Crippen MR) is 127 cm³/mol. The van der Waals surface area contributed by atoms with E-state index in [-0.39, 0.29) is 12.1 Å². The zero-order chi connectivity index (χ0) is 24.1. The molecule has 172 valence electrons. The number of aromatic nitrogens is 2. The molecule has 0 saturated carbocycles. The molecule has 0 bridgehead atoms. The van der Waals surface area contributed by atoms with Crippen molar-refractivity contribution in [1.82, 2.24) is 14.9 Å². The van der Waals surface area contributed by atoms with Crippen LogP contribution in [0.25, 0.3) is 0 Å². The van der Waals surface area contributed by atoms with Crippen LogP contribution >= 0.6 is 11.6 Å². The van der Waals surface area contributed by atoms with Crippen LogP contribution in [0.1, 0.15) is 40.7 Å². The summed E-state index contributed by atoms with van der Waals surface area (Å²) < 4.78 is 1.78. The summed E-state index contributed by atoms with van der Waals surface area (Å²) in [6.07, 6.45) is -0.307. The zero-order valence-electron chi connectivity index (χ0n) is 18.6. The van der Waals surface area contributed by atoms with Crippen molar-refractivity contribution < 1.29 is 14.7 Å². The summed E-state index contributed by atoms with van der Waals surface area (Å²) in [6, 6.07) is 13.1. The van der Waals surface area contributed by atoms with Crippen molar-refractivity contribution in [1.29, 1.82) is 0 Å². The predicted octanol–water partition coefficient (Wildman–Crippen LogP) is 4.21. The fourth-order valence-electron chi connectivity index (χ4n) is 3.50. The van der Waals surface area contributed by atoms with Gasteiger partial charge in [0.1, 0.15) is 11.5 Å². The number of carbonyl (C=O) groups excluding carboxylic acids is 1. The number of carbonyl (C=O) groups is 2. The molecule has 2 aromatic carbocycles. The fourth-order valence-corrected chi connectivity index (χ4v) is 3.70. The second-order valence-corrected chi connectivity index (χ2v) is 8.17. The highest BCUT2D eigenvalue weighted by Crippen LogP contribution is 2.21. The number of hydrogen-bond donors (Lipinski definition) is 3. The molecule has 3 rings (SSSR count). The summed E-state index contributed by atoms with van der Waals surface area (Å²) in [7, 11) is 0. The fraction of sp³-hybridized carbons (Fsp3) is 0.250. The third kappa shape index (κ3) is 5.98. The minimum absolute atomic E-state index is 0.0168. The first-order valence-corrected chi connectivity index (χ1v) is 10.7. The van der Waals surface area contributed by atoms with Crippen molar-refractivity contribution in [2.24, 2.45) is 0 Å². The molecule has 0 aliphatic heterocycles. The van der Waals surface area contributed by atoms with E-state index >= 15 is 0 Å². The van der Waals surface area contributed by atoms with Gasteiger partial charge in [0.05, 0.1) is 19.0 Å². The number of carboxylic acids is 1. The molecule has 0 radical (unpaired) electrons. The quantitative estimate of drug-likeness (QED) is 0.480. The second kappa shape index (κ2) is 10.3. The van der Waals surface area contributed by atoms with E-state index in [0.717, 1.165) is 11.1 Å². The SMILES string of the molecule is Cc1ccc([C@H](CC(=O)O)NC(=O)Nc2c(C)n(Cc3ccccc3Cl)c(C)nc2=O)cc1. The van der Waals surface area contributed by atoms with Crippen molar-refractivity contribution in [3.63, 3.8) is 0 Å². The van der Waals surface area contributed by atoms with Gasteiger partial charge in [0, 0.05) is 10.7 Å². The van der Waals surface area contributed by atoms with Crippen LogP contribution in [-0.4, -0.2) is 26.7 Å². The molecule has 8 nitrogen and oxygen atoms in total. The van der Waals surface area contributed by atoms with Gasteiger partial charge >= 0.3 is 12.0 Å². The molecule has 0 saturated heterocycles.